The minimum absolute atomic E-state index is 0.387. The van der Waals surface area contributed by atoms with Crippen molar-refractivity contribution < 1.29 is 13.3 Å². The van der Waals surface area contributed by atoms with E-state index in [1.165, 1.54) is 0 Å². The predicted octanol–water partition coefficient (Wildman–Crippen LogP) is 0.291. The largest absolute Gasteiger partial charge is 0.307 e. The Morgan fingerprint density at radius 3 is 2.57 bits per heavy atom. The molecular formula is C5H4ClN3O4S. The number of nitrogens with zero attached hydrogens (tertiary/aromatic N) is 2. The average Bonchev–Trinajstić information content (AvgIpc) is 2.02. The standard InChI is InChI=1S/C5H4ClN3O4S/c6-5-4(9(10)11)1-3(2-8-5)14(7,12)13/h1-2H,(H2,7,12,13). The van der Waals surface area contributed by atoms with Crippen LogP contribution in [0.15, 0.2) is 17.2 Å². The Bertz CT molecular complexity index is 486. The molecule has 14 heavy (non-hydrogen) atoms. The predicted molar refractivity (Wildman–Crippen MR) is 47.3 cm³/mol. The topological polar surface area (TPSA) is 116 Å². The van der Waals surface area contributed by atoms with Gasteiger partial charge in [0.05, 0.1) is 4.92 Å². The SMILES string of the molecule is NS(=O)(=O)c1cnc(Cl)c([N+](=O)[O-])c1. The molecule has 0 aliphatic heterocycles. The zero-order valence-electron chi connectivity index (χ0n) is 6.55. The van der Waals surface area contributed by atoms with Gasteiger partial charge < -0.3 is 0 Å². The normalized spacial score (nSPS) is 11.3. The molecule has 0 fully saturated rings. The molecule has 9 heteroatoms. The molecule has 1 aromatic heterocycles. The Morgan fingerprint density at radius 2 is 2.14 bits per heavy atom. The summed E-state index contributed by atoms with van der Waals surface area (Å²) >= 11 is 5.35. The van der Waals surface area contributed by atoms with Crippen LogP contribution >= 0.6 is 11.6 Å². The van der Waals surface area contributed by atoms with Gasteiger partial charge in [0.2, 0.25) is 15.2 Å². The van der Waals surface area contributed by atoms with E-state index >= 15 is 0 Å². The van der Waals surface area contributed by atoms with Crippen molar-refractivity contribution >= 4 is 27.3 Å². The Balaban J connectivity index is 3.42. The van der Waals surface area contributed by atoms with Crippen LogP contribution in [0.3, 0.4) is 0 Å². The summed E-state index contributed by atoms with van der Waals surface area (Å²) in [6.45, 7) is 0. The van der Waals surface area contributed by atoms with Crippen LogP contribution in [0.25, 0.3) is 0 Å². The quantitative estimate of drug-likeness (QED) is 0.451. The molecule has 2 N–H and O–H groups in total. The Labute approximate surface area is 83.7 Å². The lowest BCUT2D eigenvalue weighted by molar-refractivity contribution is -0.385. The van der Waals surface area contributed by atoms with Gasteiger partial charge in [-0.05, 0) is 0 Å². The maximum Gasteiger partial charge on any atom is 0.307 e. The van der Waals surface area contributed by atoms with Crippen molar-refractivity contribution in [3.8, 4) is 0 Å². The van der Waals surface area contributed by atoms with Crippen LogP contribution in [0.5, 0.6) is 0 Å². The highest BCUT2D eigenvalue weighted by Crippen LogP contribution is 2.23. The van der Waals surface area contributed by atoms with Gasteiger partial charge in [0, 0.05) is 12.3 Å². The van der Waals surface area contributed by atoms with Crippen LogP contribution in [-0.4, -0.2) is 18.3 Å². The highest BCUT2D eigenvalue weighted by molar-refractivity contribution is 7.89. The molecule has 0 radical (unpaired) electrons. The molecule has 0 spiro atoms. The minimum atomic E-state index is -4.00. The monoisotopic (exact) mass is 237 g/mol. The van der Waals surface area contributed by atoms with Gasteiger partial charge >= 0.3 is 5.69 Å². The van der Waals surface area contributed by atoms with E-state index in [1.54, 1.807) is 0 Å². The van der Waals surface area contributed by atoms with Crippen LogP contribution < -0.4 is 5.14 Å². The lowest BCUT2D eigenvalue weighted by Gasteiger charge is -1.98. The van der Waals surface area contributed by atoms with Crippen molar-refractivity contribution in [2.75, 3.05) is 0 Å². The summed E-state index contributed by atoms with van der Waals surface area (Å²) in [5, 5.41) is 14.7. The number of hydrogen-bond donors (Lipinski definition) is 1. The van der Waals surface area contributed by atoms with Crippen molar-refractivity contribution in [2.24, 2.45) is 5.14 Å². The summed E-state index contributed by atoms with van der Waals surface area (Å²) in [7, 11) is -4.00. The zero-order valence-corrected chi connectivity index (χ0v) is 8.12. The Kier molecular flexibility index (Phi) is 2.69. The summed E-state index contributed by atoms with van der Waals surface area (Å²) in [4.78, 5) is 12.4. The molecule has 0 atom stereocenters. The molecule has 76 valence electrons. The smallest absolute Gasteiger partial charge is 0.258 e. The fourth-order valence-electron chi connectivity index (χ4n) is 0.702. The minimum Gasteiger partial charge on any atom is -0.258 e. The second-order valence-electron chi connectivity index (χ2n) is 2.28. The van der Waals surface area contributed by atoms with Gasteiger partial charge in [0.25, 0.3) is 0 Å². The number of hydrogen-bond acceptors (Lipinski definition) is 5. The first-order valence-electron chi connectivity index (χ1n) is 3.15. The molecule has 7 nitrogen and oxygen atoms in total. The molecule has 0 saturated heterocycles. The number of halogens is 1. The van der Waals surface area contributed by atoms with E-state index in [1.807, 2.05) is 0 Å². The number of nitrogens with two attached hydrogens (primary N) is 1. The van der Waals surface area contributed by atoms with Gasteiger partial charge in [0.1, 0.15) is 4.90 Å². The third kappa shape index (κ3) is 2.16. The summed E-state index contributed by atoms with van der Waals surface area (Å²) in [5.41, 5.74) is -0.599. The molecule has 1 rings (SSSR count). The third-order valence-corrected chi connectivity index (χ3v) is 2.49. The lowest BCUT2D eigenvalue weighted by atomic mass is 10.4. The number of nitro groups is 1. The molecule has 0 unspecified atom stereocenters. The van der Waals surface area contributed by atoms with Crippen LogP contribution in [-0.2, 0) is 10.0 Å². The number of primary sulfonamides is 1. The van der Waals surface area contributed by atoms with Crippen molar-refractivity contribution in [1.82, 2.24) is 4.98 Å². The van der Waals surface area contributed by atoms with Crippen molar-refractivity contribution in [3.05, 3.63) is 27.5 Å². The number of sulfonamides is 1. The van der Waals surface area contributed by atoms with E-state index in [-0.39, 0.29) is 5.15 Å². The first-order chi connectivity index (χ1) is 6.32. The Morgan fingerprint density at radius 1 is 1.57 bits per heavy atom. The van der Waals surface area contributed by atoms with E-state index in [0.717, 1.165) is 12.3 Å². The Hall–Kier alpha value is -1.25. The molecule has 0 aliphatic rings. The van der Waals surface area contributed by atoms with Gasteiger partial charge in [-0.2, -0.15) is 0 Å². The molecule has 0 amide bonds. The second kappa shape index (κ2) is 3.48. The third-order valence-electron chi connectivity index (χ3n) is 1.32. The lowest BCUT2D eigenvalue weighted by Crippen LogP contribution is -2.12. The fraction of sp³-hybridized carbons (Fsp3) is 0. The van der Waals surface area contributed by atoms with Crippen molar-refractivity contribution in [1.29, 1.82) is 0 Å². The van der Waals surface area contributed by atoms with Gasteiger partial charge in [0.15, 0.2) is 0 Å². The maximum atomic E-state index is 10.8. The molecule has 0 bridgehead atoms. The fourth-order valence-corrected chi connectivity index (χ4v) is 1.35. The summed E-state index contributed by atoms with van der Waals surface area (Å²) in [6.07, 6.45) is 0.852. The summed E-state index contributed by atoms with van der Waals surface area (Å²) in [5.74, 6) is 0. The van der Waals surface area contributed by atoms with E-state index in [2.05, 4.69) is 4.98 Å². The highest BCUT2D eigenvalue weighted by atomic mass is 35.5. The van der Waals surface area contributed by atoms with E-state index in [9.17, 15) is 18.5 Å². The van der Waals surface area contributed by atoms with Crippen LogP contribution in [0, 0.1) is 10.1 Å². The molecule has 0 saturated carbocycles. The van der Waals surface area contributed by atoms with E-state index < -0.39 is 25.5 Å². The van der Waals surface area contributed by atoms with Crippen LogP contribution in [0.1, 0.15) is 0 Å². The van der Waals surface area contributed by atoms with E-state index in [4.69, 9.17) is 16.7 Å². The molecule has 1 heterocycles. The van der Waals surface area contributed by atoms with Crippen LogP contribution in [0.4, 0.5) is 5.69 Å². The number of rotatable bonds is 2. The summed E-state index contributed by atoms with van der Waals surface area (Å²) < 4.78 is 21.6. The van der Waals surface area contributed by atoms with Crippen molar-refractivity contribution in [2.45, 2.75) is 4.90 Å². The molecule has 1 aromatic rings. The van der Waals surface area contributed by atoms with Gasteiger partial charge in [-0.25, -0.2) is 18.5 Å². The molecule has 0 aliphatic carbocycles. The highest BCUT2D eigenvalue weighted by Gasteiger charge is 2.18. The zero-order chi connectivity index (χ0) is 10.9. The van der Waals surface area contributed by atoms with Crippen molar-refractivity contribution in [3.63, 3.8) is 0 Å². The number of pyridine rings is 1. The van der Waals surface area contributed by atoms with Gasteiger partial charge in [-0.3, -0.25) is 10.1 Å². The average molecular weight is 238 g/mol. The molecule has 0 aromatic carbocycles. The van der Waals surface area contributed by atoms with Gasteiger partial charge in [-0.15, -0.1) is 0 Å². The first-order valence-corrected chi connectivity index (χ1v) is 5.07. The number of aromatic nitrogens is 1. The van der Waals surface area contributed by atoms with Crippen LogP contribution in [0.2, 0.25) is 5.15 Å². The second-order valence-corrected chi connectivity index (χ2v) is 4.20. The van der Waals surface area contributed by atoms with Gasteiger partial charge in [-0.1, -0.05) is 11.6 Å². The van der Waals surface area contributed by atoms with E-state index in [0.29, 0.717) is 0 Å². The molecular weight excluding hydrogens is 234 g/mol. The maximum absolute atomic E-state index is 10.8. The first kappa shape index (κ1) is 10.8. The summed E-state index contributed by atoms with van der Waals surface area (Å²) in [6, 6.07) is 0.755.